The number of sulfonamides is 1. The Hall–Kier alpha value is -1.60. The second-order valence-electron chi connectivity index (χ2n) is 4.56. The number of methoxy groups -OCH3 is 1. The maximum Gasteiger partial charge on any atom is 0.328 e. The zero-order chi connectivity index (χ0) is 17.0. The maximum absolute atomic E-state index is 12.5. The summed E-state index contributed by atoms with van der Waals surface area (Å²) in [5.74, 6) is -0.722. The van der Waals surface area contributed by atoms with E-state index in [9.17, 15) is 13.2 Å². The van der Waals surface area contributed by atoms with Gasteiger partial charge in [0.1, 0.15) is 6.04 Å². The molecule has 0 saturated heterocycles. The van der Waals surface area contributed by atoms with Crippen LogP contribution in [0.3, 0.4) is 0 Å². The normalized spacial score (nSPS) is 12.7. The van der Waals surface area contributed by atoms with Crippen molar-refractivity contribution in [2.45, 2.75) is 10.9 Å². The zero-order valence-electron chi connectivity index (χ0n) is 12.0. The van der Waals surface area contributed by atoms with Gasteiger partial charge in [0.25, 0.3) is 0 Å². The first-order valence-corrected chi connectivity index (χ1v) is 8.69. The van der Waals surface area contributed by atoms with E-state index in [2.05, 4.69) is 9.46 Å². The number of carbonyl (C=O) groups is 1. The summed E-state index contributed by atoms with van der Waals surface area (Å²) in [5.41, 5.74) is 0.461. The molecule has 122 valence electrons. The number of rotatable bonds is 5. The fourth-order valence-corrected chi connectivity index (χ4v) is 3.44. The van der Waals surface area contributed by atoms with Gasteiger partial charge in [-0.25, -0.2) is 13.2 Å². The molecular formula is C15H13Cl2NO4S. The highest BCUT2D eigenvalue weighted by atomic mass is 35.5. The molecule has 0 amide bonds. The van der Waals surface area contributed by atoms with E-state index in [-0.39, 0.29) is 14.9 Å². The monoisotopic (exact) mass is 373 g/mol. The Bertz CT molecular complexity index is 809. The number of nitrogens with one attached hydrogen (secondary N) is 1. The number of carbonyl (C=O) groups excluding carboxylic acids is 1. The highest BCUT2D eigenvalue weighted by Gasteiger charge is 2.28. The number of benzene rings is 2. The molecule has 23 heavy (non-hydrogen) atoms. The molecule has 0 bridgehead atoms. The van der Waals surface area contributed by atoms with E-state index in [1.165, 1.54) is 25.3 Å². The van der Waals surface area contributed by atoms with Crippen LogP contribution in [0, 0.1) is 0 Å². The summed E-state index contributed by atoms with van der Waals surface area (Å²) in [4.78, 5) is 11.8. The highest BCUT2D eigenvalue weighted by molar-refractivity contribution is 7.89. The van der Waals surface area contributed by atoms with Gasteiger partial charge in [0.2, 0.25) is 10.0 Å². The second-order valence-corrected chi connectivity index (χ2v) is 7.09. The van der Waals surface area contributed by atoms with Gasteiger partial charge in [0.15, 0.2) is 0 Å². The molecule has 0 aromatic heterocycles. The van der Waals surface area contributed by atoms with E-state index >= 15 is 0 Å². The minimum atomic E-state index is -4.00. The predicted octanol–water partition coefficient (Wildman–Crippen LogP) is 3.19. The van der Waals surface area contributed by atoms with Crippen molar-refractivity contribution in [3.05, 3.63) is 64.1 Å². The van der Waals surface area contributed by atoms with Gasteiger partial charge in [-0.15, -0.1) is 0 Å². The third-order valence-corrected chi connectivity index (χ3v) is 5.20. The Morgan fingerprint density at radius 3 is 2.30 bits per heavy atom. The summed E-state index contributed by atoms with van der Waals surface area (Å²) >= 11 is 11.6. The molecule has 2 aromatic rings. The summed E-state index contributed by atoms with van der Waals surface area (Å²) in [7, 11) is -2.81. The van der Waals surface area contributed by atoms with Gasteiger partial charge in [-0.3, -0.25) is 0 Å². The van der Waals surface area contributed by atoms with Gasteiger partial charge in [-0.2, -0.15) is 4.72 Å². The van der Waals surface area contributed by atoms with Crippen molar-refractivity contribution >= 4 is 39.2 Å². The number of hydrogen-bond donors (Lipinski definition) is 1. The number of hydrogen-bond acceptors (Lipinski definition) is 4. The van der Waals surface area contributed by atoms with Crippen LogP contribution in [0.2, 0.25) is 10.0 Å². The summed E-state index contributed by atoms with van der Waals surface area (Å²) < 4.78 is 32.0. The molecule has 1 N–H and O–H groups in total. The predicted molar refractivity (Wildman–Crippen MR) is 88.0 cm³/mol. The molecule has 0 radical (unpaired) electrons. The molecule has 2 aromatic carbocycles. The Labute approximate surface area is 144 Å². The number of ether oxygens (including phenoxy) is 1. The number of esters is 1. The van der Waals surface area contributed by atoms with Crippen LogP contribution >= 0.6 is 23.2 Å². The van der Waals surface area contributed by atoms with Gasteiger partial charge < -0.3 is 4.74 Å². The summed E-state index contributed by atoms with van der Waals surface area (Å²) in [6.07, 6.45) is 0. The highest BCUT2D eigenvalue weighted by Crippen LogP contribution is 2.26. The third kappa shape index (κ3) is 4.23. The van der Waals surface area contributed by atoms with Crippen molar-refractivity contribution in [1.82, 2.24) is 4.72 Å². The van der Waals surface area contributed by atoms with Crippen LogP contribution in [0.25, 0.3) is 0 Å². The lowest BCUT2D eigenvalue weighted by Crippen LogP contribution is -2.34. The molecule has 0 fully saturated rings. The van der Waals surface area contributed by atoms with Crippen LogP contribution in [0.5, 0.6) is 0 Å². The van der Waals surface area contributed by atoms with Gasteiger partial charge in [0.05, 0.1) is 22.1 Å². The van der Waals surface area contributed by atoms with E-state index in [0.29, 0.717) is 5.56 Å². The lowest BCUT2D eigenvalue weighted by molar-refractivity contribution is -0.142. The summed E-state index contributed by atoms with van der Waals surface area (Å²) in [6, 6.07) is 11.1. The average molecular weight is 374 g/mol. The molecule has 2 rings (SSSR count). The fourth-order valence-electron chi connectivity index (χ4n) is 1.88. The van der Waals surface area contributed by atoms with Crippen molar-refractivity contribution in [3.63, 3.8) is 0 Å². The van der Waals surface area contributed by atoms with E-state index in [0.717, 1.165) is 0 Å². The van der Waals surface area contributed by atoms with Crippen molar-refractivity contribution in [1.29, 1.82) is 0 Å². The van der Waals surface area contributed by atoms with E-state index < -0.39 is 22.0 Å². The Balaban J connectivity index is 2.38. The topological polar surface area (TPSA) is 72.5 Å². The molecule has 0 spiro atoms. The van der Waals surface area contributed by atoms with Gasteiger partial charge in [-0.05, 0) is 23.8 Å². The molecule has 0 aliphatic carbocycles. The average Bonchev–Trinajstić information content (AvgIpc) is 2.55. The smallest absolute Gasteiger partial charge is 0.328 e. The lowest BCUT2D eigenvalue weighted by atomic mass is 10.1. The molecule has 8 heteroatoms. The lowest BCUT2D eigenvalue weighted by Gasteiger charge is -2.17. The van der Waals surface area contributed by atoms with Gasteiger partial charge in [-0.1, -0.05) is 53.5 Å². The van der Waals surface area contributed by atoms with Crippen LogP contribution in [0.1, 0.15) is 11.6 Å². The van der Waals surface area contributed by atoms with E-state index in [4.69, 9.17) is 23.2 Å². The Morgan fingerprint density at radius 2 is 1.74 bits per heavy atom. The van der Waals surface area contributed by atoms with Crippen molar-refractivity contribution in [2.24, 2.45) is 0 Å². The van der Waals surface area contributed by atoms with Crippen molar-refractivity contribution in [3.8, 4) is 0 Å². The SMILES string of the molecule is COC(=O)C(NS(=O)(=O)c1ccc(Cl)c(Cl)c1)c1ccccc1. The van der Waals surface area contributed by atoms with Crippen LogP contribution in [0.15, 0.2) is 53.4 Å². The second kappa shape index (κ2) is 7.31. The molecule has 0 aliphatic rings. The first-order valence-electron chi connectivity index (χ1n) is 6.45. The van der Waals surface area contributed by atoms with Crippen LogP contribution in [-0.4, -0.2) is 21.5 Å². The van der Waals surface area contributed by atoms with E-state index in [1.807, 2.05) is 0 Å². The first kappa shape index (κ1) is 17.7. The quantitative estimate of drug-likeness (QED) is 0.816. The molecular weight excluding hydrogens is 361 g/mol. The molecule has 1 unspecified atom stereocenters. The first-order chi connectivity index (χ1) is 10.8. The molecule has 0 aliphatic heterocycles. The third-order valence-electron chi connectivity index (χ3n) is 3.04. The molecule has 1 atom stereocenters. The van der Waals surface area contributed by atoms with Gasteiger partial charge >= 0.3 is 5.97 Å². The zero-order valence-corrected chi connectivity index (χ0v) is 14.3. The minimum absolute atomic E-state index is 0.100. The fraction of sp³-hybridized carbons (Fsp3) is 0.133. The van der Waals surface area contributed by atoms with E-state index in [1.54, 1.807) is 30.3 Å². The summed E-state index contributed by atoms with van der Waals surface area (Å²) in [6.45, 7) is 0. The Morgan fingerprint density at radius 1 is 1.09 bits per heavy atom. The van der Waals surface area contributed by atoms with Crippen LogP contribution in [-0.2, 0) is 19.6 Å². The Kier molecular flexibility index (Phi) is 5.64. The van der Waals surface area contributed by atoms with Crippen LogP contribution in [0.4, 0.5) is 0 Å². The van der Waals surface area contributed by atoms with Crippen molar-refractivity contribution < 1.29 is 17.9 Å². The maximum atomic E-state index is 12.5. The molecule has 5 nitrogen and oxygen atoms in total. The van der Waals surface area contributed by atoms with Crippen molar-refractivity contribution in [2.75, 3.05) is 7.11 Å². The standard InChI is InChI=1S/C15H13Cl2NO4S/c1-22-15(19)14(10-5-3-2-4-6-10)18-23(20,21)11-7-8-12(16)13(17)9-11/h2-9,14,18H,1H3. The van der Waals surface area contributed by atoms with Gasteiger partial charge in [0, 0.05) is 0 Å². The number of halogens is 2. The summed E-state index contributed by atoms with van der Waals surface area (Å²) in [5, 5.41) is 0.335. The molecule has 0 saturated carbocycles. The molecule has 0 heterocycles. The largest absolute Gasteiger partial charge is 0.468 e. The minimum Gasteiger partial charge on any atom is -0.468 e. The van der Waals surface area contributed by atoms with Crippen LogP contribution < -0.4 is 4.72 Å².